The van der Waals surface area contributed by atoms with Crippen molar-refractivity contribution in [3.05, 3.63) is 65.2 Å². The summed E-state index contributed by atoms with van der Waals surface area (Å²) in [6.07, 6.45) is 8.83. The molecule has 0 radical (unpaired) electrons. The van der Waals surface area contributed by atoms with Crippen molar-refractivity contribution >= 4 is 0 Å². The Morgan fingerprint density at radius 1 is 1.03 bits per heavy atom. The Hall–Kier alpha value is -1.80. The molecule has 1 saturated carbocycles. The summed E-state index contributed by atoms with van der Waals surface area (Å²) in [5, 5.41) is 10.2. The maximum atomic E-state index is 10.2. The molecule has 1 fully saturated rings. The molecule has 2 atom stereocenters. The van der Waals surface area contributed by atoms with Crippen molar-refractivity contribution in [2.45, 2.75) is 96.2 Å². The molecule has 0 aliphatic heterocycles. The predicted octanol–water partition coefficient (Wildman–Crippen LogP) is 7.14. The van der Waals surface area contributed by atoms with Crippen molar-refractivity contribution in [3.63, 3.8) is 0 Å². The minimum absolute atomic E-state index is 0.143. The first-order valence-electron chi connectivity index (χ1n) is 11.5. The van der Waals surface area contributed by atoms with Crippen LogP contribution >= 0.6 is 0 Å². The summed E-state index contributed by atoms with van der Waals surface area (Å²) in [6, 6.07) is 17.3. The number of hydrogen-bond acceptors (Lipinski definition) is 2. The van der Waals surface area contributed by atoms with Gasteiger partial charge in [0.15, 0.2) is 0 Å². The van der Waals surface area contributed by atoms with Crippen LogP contribution in [0.3, 0.4) is 0 Å². The summed E-state index contributed by atoms with van der Waals surface area (Å²) < 4.78 is 6.39. The second-order valence-electron chi connectivity index (χ2n) is 9.39. The molecule has 158 valence electrons. The minimum atomic E-state index is -0.180. The highest BCUT2D eigenvalue weighted by Crippen LogP contribution is 2.40. The molecular formula is C27H38O2. The van der Waals surface area contributed by atoms with E-state index >= 15 is 0 Å². The Kier molecular flexibility index (Phi) is 7.77. The SMILES string of the molecule is CCCCCC(C)(C)c1ccc([C@H]2CCC[C@H](O)C2)c(OCc2ccccc2)c1. The summed E-state index contributed by atoms with van der Waals surface area (Å²) >= 11 is 0. The lowest BCUT2D eigenvalue weighted by molar-refractivity contribution is 0.118. The Morgan fingerprint density at radius 2 is 1.83 bits per heavy atom. The average Bonchev–Trinajstić information content (AvgIpc) is 2.73. The van der Waals surface area contributed by atoms with Gasteiger partial charge >= 0.3 is 0 Å². The van der Waals surface area contributed by atoms with Crippen LogP contribution < -0.4 is 4.74 Å². The third-order valence-electron chi connectivity index (χ3n) is 6.52. The number of aliphatic hydroxyl groups is 1. The van der Waals surface area contributed by atoms with E-state index in [0.717, 1.165) is 31.4 Å². The predicted molar refractivity (Wildman–Crippen MR) is 122 cm³/mol. The molecule has 2 aromatic carbocycles. The van der Waals surface area contributed by atoms with Gasteiger partial charge in [0.05, 0.1) is 6.10 Å². The highest BCUT2D eigenvalue weighted by molar-refractivity contribution is 5.43. The van der Waals surface area contributed by atoms with Gasteiger partial charge in [-0.05, 0) is 59.8 Å². The number of unbranched alkanes of at least 4 members (excludes halogenated alkanes) is 2. The van der Waals surface area contributed by atoms with Gasteiger partial charge in [-0.3, -0.25) is 0 Å². The zero-order valence-corrected chi connectivity index (χ0v) is 18.5. The van der Waals surface area contributed by atoms with Crippen LogP contribution in [-0.4, -0.2) is 11.2 Å². The van der Waals surface area contributed by atoms with E-state index in [1.807, 2.05) is 6.07 Å². The molecule has 0 amide bonds. The normalized spacial score (nSPS) is 19.9. The molecule has 0 aromatic heterocycles. The second kappa shape index (κ2) is 10.3. The van der Waals surface area contributed by atoms with Gasteiger partial charge in [-0.2, -0.15) is 0 Å². The molecule has 3 rings (SSSR count). The lowest BCUT2D eigenvalue weighted by Gasteiger charge is -2.30. The molecule has 1 aliphatic rings. The fraction of sp³-hybridized carbons (Fsp3) is 0.556. The van der Waals surface area contributed by atoms with E-state index < -0.39 is 0 Å². The van der Waals surface area contributed by atoms with Crippen molar-refractivity contribution in [1.82, 2.24) is 0 Å². The number of benzene rings is 2. The standard InChI is InChI=1S/C27H38O2/c1-4-5-9-17-27(2,3)23-15-16-25(22-13-10-14-24(28)18-22)26(19-23)29-20-21-11-7-6-8-12-21/h6-8,11-12,15-16,19,22,24,28H,4-5,9-10,13-14,17-18,20H2,1-3H3/t22-,24-/m0/s1. The fourth-order valence-electron chi connectivity index (χ4n) is 4.56. The molecule has 1 N–H and O–H groups in total. The topological polar surface area (TPSA) is 29.5 Å². The molecule has 0 heterocycles. The van der Waals surface area contributed by atoms with Crippen LogP contribution in [0.4, 0.5) is 0 Å². The van der Waals surface area contributed by atoms with Crippen molar-refractivity contribution in [2.24, 2.45) is 0 Å². The zero-order valence-electron chi connectivity index (χ0n) is 18.5. The lowest BCUT2D eigenvalue weighted by Crippen LogP contribution is -2.20. The van der Waals surface area contributed by atoms with Gasteiger partial charge < -0.3 is 9.84 Å². The molecule has 2 heteroatoms. The Labute approximate surface area is 177 Å². The summed E-state index contributed by atoms with van der Waals surface area (Å²) in [4.78, 5) is 0. The van der Waals surface area contributed by atoms with Gasteiger partial charge in [-0.15, -0.1) is 0 Å². The third kappa shape index (κ3) is 6.09. The smallest absolute Gasteiger partial charge is 0.123 e. The van der Waals surface area contributed by atoms with E-state index in [0.29, 0.717) is 12.5 Å². The van der Waals surface area contributed by atoms with Crippen LogP contribution in [0.5, 0.6) is 5.75 Å². The van der Waals surface area contributed by atoms with Crippen LogP contribution in [0.2, 0.25) is 0 Å². The Morgan fingerprint density at radius 3 is 2.55 bits per heavy atom. The van der Waals surface area contributed by atoms with Gasteiger partial charge in [-0.25, -0.2) is 0 Å². The number of rotatable bonds is 9. The van der Waals surface area contributed by atoms with Crippen LogP contribution in [0.25, 0.3) is 0 Å². The van der Waals surface area contributed by atoms with E-state index in [1.54, 1.807) is 0 Å². The van der Waals surface area contributed by atoms with Crippen LogP contribution in [-0.2, 0) is 12.0 Å². The molecular weight excluding hydrogens is 356 g/mol. The second-order valence-corrected chi connectivity index (χ2v) is 9.39. The van der Waals surface area contributed by atoms with Gasteiger partial charge in [0.25, 0.3) is 0 Å². The van der Waals surface area contributed by atoms with E-state index in [1.165, 1.54) is 42.4 Å². The summed E-state index contributed by atoms with van der Waals surface area (Å²) in [5.74, 6) is 1.40. The third-order valence-corrected chi connectivity index (χ3v) is 6.52. The first-order chi connectivity index (χ1) is 14.0. The van der Waals surface area contributed by atoms with Crippen molar-refractivity contribution in [3.8, 4) is 5.75 Å². The zero-order chi connectivity index (χ0) is 20.7. The van der Waals surface area contributed by atoms with Gasteiger partial charge in [0.2, 0.25) is 0 Å². The monoisotopic (exact) mass is 394 g/mol. The van der Waals surface area contributed by atoms with E-state index in [9.17, 15) is 5.11 Å². The molecule has 1 aliphatic carbocycles. The Balaban J connectivity index is 1.84. The maximum Gasteiger partial charge on any atom is 0.123 e. The fourth-order valence-corrected chi connectivity index (χ4v) is 4.56. The molecule has 0 unspecified atom stereocenters. The Bertz CT molecular complexity index is 750. The van der Waals surface area contributed by atoms with Crippen molar-refractivity contribution in [1.29, 1.82) is 0 Å². The lowest BCUT2D eigenvalue weighted by atomic mass is 9.77. The molecule has 0 saturated heterocycles. The maximum absolute atomic E-state index is 10.2. The van der Waals surface area contributed by atoms with Crippen LogP contribution in [0.1, 0.15) is 94.7 Å². The first-order valence-corrected chi connectivity index (χ1v) is 11.5. The van der Waals surface area contributed by atoms with Gasteiger partial charge in [0, 0.05) is 0 Å². The first kappa shape index (κ1) is 21.9. The summed E-state index contributed by atoms with van der Waals surface area (Å²) in [5.41, 5.74) is 3.96. The molecule has 0 spiro atoms. The molecule has 29 heavy (non-hydrogen) atoms. The van der Waals surface area contributed by atoms with Gasteiger partial charge in [0.1, 0.15) is 12.4 Å². The van der Waals surface area contributed by atoms with E-state index in [2.05, 4.69) is 63.2 Å². The average molecular weight is 395 g/mol. The van der Waals surface area contributed by atoms with E-state index in [-0.39, 0.29) is 11.5 Å². The number of ether oxygens (including phenoxy) is 1. The molecule has 2 nitrogen and oxygen atoms in total. The van der Waals surface area contributed by atoms with Crippen LogP contribution in [0, 0.1) is 0 Å². The highest BCUT2D eigenvalue weighted by atomic mass is 16.5. The van der Waals surface area contributed by atoms with E-state index in [4.69, 9.17) is 4.74 Å². The summed E-state index contributed by atoms with van der Waals surface area (Å²) in [6.45, 7) is 7.55. The quantitative estimate of drug-likeness (QED) is 0.458. The highest BCUT2D eigenvalue weighted by Gasteiger charge is 2.27. The van der Waals surface area contributed by atoms with Crippen molar-refractivity contribution in [2.75, 3.05) is 0 Å². The van der Waals surface area contributed by atoms with Crippen LogP contribution in [0.15, 0.2) is 48.5 Å². The largest absolute Gasteiger partial charge is 0.489 e. The van der Waals surface area contributed by atoms with Gasteiger partial charge in [-0.1, -0.05) is 88.9 Å². The minimum Gasteiger partial charge on any atom is -0.489 e. The summed E-state index contributed by atoms with van der Waals surface area (Å²) in [7, 11) is 0. The number of hydrogen-bond donors (Lipinski definition) is 1. The van der Waals surface area contributed by atoms with Crippen molar-refractivity contribution < 1.29 is 9.84 Å². The molecule has 2 aromatic rings. The number of aliphatic hydroxyl groups excluding tert-OH is 1. The molecule has 0 bridgehead atoms.